The number of nitrogens with one attached hydrogen (secondary N) is 7. The van der Waals surface area contributed by atoms with Crippen LogP contribution >= 0.6 is 11.8 Å². The van der Waals surface area contributed by atoms with Crippen LogP contribution in [0.4, 0.5) is 0 Å². The summed E-state index contributed by atoms with van der Waals surface area (Å²) in [6.07, 6.45) is -0.998. The number of amides is 10. The lowest BCUT2D eigenvalue weighted by Gasteiger charge is -2.32. The van der Waals surface area contributed by atoms with Crippen LogP contribution in [0.1, 0.15) is 116 Å². The normalized spacial score (nSPS) is 28.4. The van der Waals surface area contributed by atoms with Gasteiger partial charge in [-0.05, 0) is 80.2 Å². The molecule has 10 amide bonds. The molecular formula is C60H86N10O17S2. The molecule has 4 aliphatic heterocycles. The van der Waals surface area contributed by atoms with Crippen molar-refractivity contribution >= 4 is 104 Å². The second kappa shape index (κ2) is 31.8. The minimum Gasteiger partial charge on any atom is -0.496 e. The van der Waals surface area contributed by atoms with Gasteiger partial charge in [-0.2, -0.15) is 11.8 Å². The van der Waals surface area contributed by atoms with E-state index in [1.807, 2.05) is 0 Å². The molecule has 29 heteroatoms. The molecule has 27 nitrogen and oxygen atoms in total. The lowest BCUT2D eigenvalue weighted by molar-refractivity contribution is -0.144. The zero-order chi connectivity index (χ0) is 65.0. The number of thioether (sulfide) groups is 1. The number of likely N-dealkylation sites (tertiary alicyclic amines) is 1. The minimum absolute atomic E-state index is 0.0408. The zero-order valence-electron chi connectivity index (χ0n) is 51.1. The van der Waals surface area contributed by atoms with E-state index < -0.39 is 181 Å². The Labute approximate surface area is 522 Å². The number of carbonyl (C=O) groups excluding carboxylic acids is 12. The third-order valence-corrected chi connectivity index (χ3v) is 20.5. The van der Waals surface area contributed by atoms with Crippen molar-refractivity contribution in [2.75, 3.05) is 57.9 Å². The number of ether oxygens (including phenoxy) is 1. The molecule has 2 bridgehead atoms. The maximum absolute atomic E-state index is 15.4. The fourth-order valence-electron chi connectivity index (χ4n) is 12.5. The number of benzene rings is 1. The SMILES string of the molecule is CC[C@H](C)[C@@H]1CC(=O)CNC(=O)[C@H]2CC(=O)[C@H]([C@@H](C)[C@@H](O)CO)NC(=O)[C@@H]3C[C@@H](O)CN3C(=O)[C@H](CC(N)=O)NC(=O)[C@H](CS(=O)c3[nH]c4c(CSCCCCNC(=O)C5CCC(CN6C(=O)CC(C)C6=O)CC5)c(OC)ccc4c3C2)NC(=O)CNC1=O. The van der Waals surface area contributed by atoms with Gasteiger partial charge in [0.05, 0.1) is 73.5 Å². The van der Waals surface area contributed by atoms with Crippen LogP contribution in [-0.4, -0.2) is 199 Å². The van der Waals surface area contributed by atoms with Crippen molar-refractivity contribution < 1.29 is 81.8 Å². The Morgan fingerprint density at radius 3 is 2.27 bits per heavy atom. The van der Waals surface area contributed by atoms with Crippen LogP contribution in [0.25, 0.3) is 10.9 Å². The lowest BCUT2D eigenvalue weighted by atomic mass is 9.81. The van der Waals surface area contributed by atoms with Gasteiger partial charge in [-0.1, -0.05) is 34.1 Å². The van der Waals surface area contributed by atoms with Gasteiger partial charge in [0.2, 0.25) is 59.1 Å². The lowest BCUT2D eigenvalue weighted by Crippen LogP contribution is -2.60. The molecule has 1 aromatic heterocycles. The number of aliphatic hydroxyl groups is 3. The summed E-state index contributed by atoms with van der Waals surface area (Å²) >= 11 is 1.52. The molecule has 3 fully saturated rings. The molecule has 1 saturated carbocycles. The van der Waals surface area contributed by atoms with Gasteiger partial charge in [-0.25, -0.2) is 0 Å². The molecule has 12 atom stereocenters. The molecule has 1 aromatic carbocycles. The van der Waals surface area contributed by atoms with Crippen LogP contribution in [0.3, 0.4) is 0 Å². The fourth-order valence-corrected chi connectivity index (χ4v) is 14.9. The number of imide groups is 1. The number of nitrogens with two attached hydrogens (primary N) is 1. The molecular weight excluding hydrogens is 1200 g/mol. The van der Waals surface area contributed by atoms with E-state index in [9.17, 15) is 68.1 Å². The Balaban J connectivity index is 1.22. The second-order valence-corrected chi connectivity index (χ2v) is 27.0. The number of aliphatic hydroxyl groups excluding tert-OH is 3. The Kier molecular flexibility index (Phi) is 24.9. The van der Waals surface area contributed by atoms with E-state index in [0.717, 1.165) is 17.7 Å². The van der Waals surface area contributed by atoms with Crippen molar-refractivity contribution in [1.29, 1.82) is 0 Å². The van der Waals surface area contributed by atoms with Gasteiger partial charge in [0.1, 0.15) is 28.9 Å². The van der Waals surface area contributed by atoms with Gasteiger partial charge < -0.3 is 67.6 Å². The van der Waals surface area contributed by atoms with Gasteiger partial charge >= 0.3 is 0 Å². The average Bonchev–Trinajstić information content (AvgIpc) is 1.69. The van der Waals surface area contributed by atoms with E-state index in [1.54, 1.807) is 32.9 Å². The topological polar surface area (TPSA) is 412 Å². The van der Waals surface area contributed by atoms with Gasteiger partial charge in [-0.15, -0.1) is 0 Å². The van der Waals surface area contributed by atoms with Crippen molar-refractivity contribution in [3.8, 4) is 5.75 Å². The van der Waals surface area contributed by atoms with Gasteiger partial charge in [0.25, 0.3) is 0 Å². The van der Waals surface area contributed by atoms with Crippen LogP contribution in [0, 0.1) is 41.4 Å². The summed E-state index contributed by atoms with van der Waals surface area (Å²) in [5.41, 5.74) is 6.77. The van der Waals surface area contributed by atoms with E-state index in [-0.39, 0.29) is 58.9 Å². The van der Waals surface area contributed by atoms with Crippen molar-refractivity contribution in [2.45, 2.75) is 158 Å². The summed E-state index contributed by atoms with van der Waals surface area (Å²) in [6.45, 7) is 4.70. The van der Waals surface area contributed by atoms with Gasteiger partial charge in [0, 0.05) is 91.6 Å². The van der Waals surface area contributed by atoms with E-state index >= 15 is 9.00 Å². The fraction of sp³-hybridized carbons (Fsp3) is 0.667. The predicted octanol–water partition coefficient (Wildman–Crippen LogP) is -1.11. The number of Topliss-reactive ketones (excluding diaryl/α,β-unsaturated/α-hetero) is 2. The number of hydrogen-bond donors (Lipinski definition) is 11. The molecule has 5 heterocycles. The third kappa shape index (κ3) is 17.6. The molecule has 5 aliphatic rings. The highest BCUT2D eigenvalue weighted by atomic mass is 32.2. The molecule has 0 radical (unpaired) electrons. The van der Waals surface area contributed by atoms with Crippen LogP contribution in [0.15, 0.2) is 17.2 Å². The number of aromatic nitrogens is 1. The molecule has 1 aliphatic carbocycles. The number of nitrogens with zero attached hydrogens (tertiary/aromatic N) is 2. The summed E-state index contributed by atoms with van der Waals surface area (Å²) in [6, 6.07) is -3.63. The first-order valence-electron chi connectivity index (χ1n) is 30.7. The van der Waals surface area contributed by atoms with Gasteiger partial charge in [0.15, 0.2) is 11.6 Å². The van der Waals surface area contributed by atoms with Crippen molar-refractivity contribution in [3.63, 3.8) is 0 Å². The average molecular weight is 1280 g/mol. The molecule has 12 N–H and O–H groups in total. The molecule has 89 heavy (non-hydrogen) atoms. The minimum atomic E-state index is -2.41. The Morgan fingerprint density at radius 1 is 0.888 bits per heavy atom. The highest BCUT2D eigenvalue weighted by Gasteiger charge is 2.46. The predicted molar refractivity (Wildman–Crippen MR) is 324 cm³/mol. The van der Waals surface area contributed by atoms with Crippen molar-refractivity contribution in [2.24, 2.45) is 47.2 Å². The molecule has 0 spiro atoms. The number of ketones is 2. The highest BCUT2D eigenvalue weighted by Crippen LogP contribution is 2.38. The first kappa shape index (κ1) is 69.7. The largest absolute Gasteiger partial charge is 0.496 e. The van der Waals surface area contributed by atoms with Gasteiger partial charge in [-0.3, -0.25) is 66.6 Å². The van der Waals surface area contributed by atoms with Crippen LogP contribution in [0.5, 0.6) is 5.75 Å². The number of rotatable bonds is 18. The molecule has 2 unspecified atom stereocenters. The summed E-state index contributed by atoms with van der Waals surface area (Å²) in [5.74, 6) is -12.6. The number of primary amides is 1. The molecule has 2 saturated heterocycles. The Morgan fingerprint density at radius 2 is 1.61 bits per heavy atom. The standard InChI is InChI=1S/C60H86N10O17S2/c1-6-30(2)39-20-36(72)23-63-54(80)35-18-40-38-13-14-47(87-5)41(28-88-16-8-7-15-62-53(79)34-11-9-33(10-12-34)25-70-50(78)17-31(3)59(70)84)52(38)68-58(40)89(86)29-43(65-49(77)24-64-55(39)81)56(82)66-42(22-48(61)76)60(85)69-26-37(73)21-44(69)57(83)67-51(45(74)19-35)32(4)46(75)27-71/h13-14,30-35,37,39,42-44,46,51,68,71,73,75H,6-12,15-29H2,1-5H3,(H2,61,76)(H,62,79)(H,63,80)(H,64,81)(H,65,77)(H,66,82)(H,67,83)/t30-,31?,32-,33?,34?,35+,37+,39-,42-,43-,44-,46-,51-,89?/m0/s1. The van der Waals surface area contributed by atoms with E-state index in [0.29, 0.717) is 78.9 Å². The number of carbonyl (C=O) groups is 12. The van der Waals surface area contributed by atoms with Crippen LogP contribution < -0.4 is 42.4 Å². The second-order valence-electron chi connectivity index (χ2n) is 24.4. The first-order valence-corrected chi connectivity index (χ1v) is 33.2. The maximum Gasteiger partial charge on any atom is 0.246 e. The number of methoxy groups -OCH3 is 1. The Hall–Kier alpha value is -6.82. The molecule has 490 valence electrons. The van der Waals surface area contributed by atoms with E-state index in [1.165, 1.54) is 30.7 Å². The zero-order valence-corrected chi connectivity index (χ0v) is 52.7. The summed E-state index contributed by atoms with van der Waals surface area (Å²) in [7, 11) is -0.950. The molecule has 7 rings (SSSR count). The maximum atomic E-state index is 15.4. The van der Waals surface area contributed by atoms with E-state index in [2.05, 4.69) is 36.9 Å². The monoisotopic (exact) mass is 1280 g/mol. The third-order valence-electron chi connectivity index (χ3n) is 18.0. The summed E-state index contributed by atoms with van der Waals surface area (Å²) in [4.78, 5) is 171. The van der Waals surface area contributed by atoms with Crippen LogP contribution in [-0.2, 0) is 80.5 Å². The first-order chi connectivity index (χ1) is 42.3. The summed E-state index contributed by atoms with van der Waals surface area (Å²) in [5, 5.41) is 48.1. The smallest absolute Gasteiger partial charge is 0.246 e. The van der Waals surface area contributed by atoms with Crippen molar-refractivity contribution in [1.82, 2.24) is 46.7 Å². The Bertz CT molecular complexity index is 3040. The number of H-pyrrole nitrogens is 1. The van der Waals surface area contributed by atoms with E-state index in [4.69, 9.17) is 10.5 Å². The number of unbranched alkanes of at least 4 members (excludes halogenated alkanes) is 1. The highest BCUT2D eigenvalue weighted by molar-refractivity contribution is 7.98. The number of hydrogen-bond acceptors (Lipinski definition) is 18. The van der Waals surface area contributed by atoms with Crippen LogP contribution in [0.2, 0.25) is 0 Å². The quantitative estimate of drug-likeness (QED) is 0.0623. The van der Waals surface area contributed by atoms with Crippen molar-refractivity contribution in [3.05, 3.63) is 23.3 Å². The number of aromatic amines is 1. The number of fused-ring (bicyclic) bond motifs is 5. The molecule has 2 aromatic rings. The summed E-state index contributed by atoms with van der Waals surface area (Å²) < 4.78 is 21.2.